The molecule has 0 saturated carbocycles. The number of pyridine rings is 1. The van der Waals surface area contributed by atoms with E-state index in [1.165, 1.54) is 0 Å². The van der Waals surface area contributed by atoms with Crippen molar-refractivity contribution < 1.29 is 25.0 Å². The lowest BCUT2D eigenvalue weighted by atomic mass is 10.1. The number of hydrogen-bond donors (Lipinski definition) is 6. The van der Waals surface area contributed by atoms with E-state index >= 15 is 0 Å². The fraction of sp³-hybridized carbons (Fsp3) is 0.233. The molecule has 3 heterocycles. The van der Waals surface area contributed by atoms with Crippen LogP contribution in [0.2, 0.25) is 0 Å². The minimum Gasteiger partial charge on any atom is -0.480 e. The predicted octanol–water partition coefficient (Wildman–Crippen LogP) is 2.40. The van der Waals surface area contributed by atoms with E-state index in [0.29, 0.717) is 42.5 Å². The second-order valence-corrected chi connectivity index (χ2v) is 9.71. The summed E-state index contributed by atoms with van der Waals surface area (Å²) in [6.45, 7) is 0.411. The molecule has 42 heavy (non-hydrogen) atoms. The van der Waals surface area contributed by atoms with Crippen molar-refractivity contribution in [2.75, 3.05) is 12.3 Å². The van der Waals surface area contributed by atoms with Gasteiger partial charge in [0, 0.05) is 18.0 Å². The van der Waals surface area contributed by atoms with Gasteiger partial charge >= 0.3 is 5.97 Å². The molecule has 2 aromatic heterocycles. The smallest absolute Gasteiger partial charge is 0.320 e. The number of rotatable bonds is 6. The van der Waals surface area contributed by atoms with Gasteiger partial charge in [0.1, 0.15) is 23.2 Å². The van der Waals surface area contributed by atoms with Crippen molar-refractivity contribution in [1.82, 2.24) is 30.8 Å². The number of amides is 1. The molecule has 1 saturated heterocycles. The van der Waals surface area contributed by atoms with Gasteiger partial charge in [0.15, 0.2) is 0 Å². The molecule has 1 aliphatic rings. The summed E-state index contributed by atoms with van der Waals surface area (Å²) in [4.78, 5) is 27.6. The van der Waals surface area contributed by atoms with Crippen molar-refractivity contribution >= 4 is 39.5 Å². The summed E-state index contributed by atoms with van der Waals surface area (Å²) in [5.41, 5.74) is 9.65. The summed E-state index contributed by atoms with van der Waals surface area (Å²) < 4.78 is 0. The monoisotopic (exact) mass is 571 g/mol. The van der Waals surface area contributed by atoms with Crippen LogP contribution < -0.4 is 16.4 Å². The second kappa shape index (κ2) is 14.5. The van der Waals surface area contributed by atoms with Crippen molar-refractivity contribution in [1.29, 1.82) is 0 Å². The highest BCUT2D eigenvalue weighted by molar-refractivity contribution is 5.81. The summed E-state index contributed by atoms with van der Waals surface area (Å²) in [7, 11) is 0. The number of aromatic nitrogens is 4. The van der Waals surface area contributed by atoms with Crippen LogP contribution in [0, 0.1) is 0 Å². The zero-order valence-corrected chi connectivity index (χ0v) is 22.7. The zero-order valence-electron chi connectivity index (χ0n) is 22.7. The molecule has 5 aromatic rings. The van der Waals surface area contributed by atoms with Crippen molar-refractivity contribution in [2.24, 2.45) is 0 Å². The molecule has 12 heteroatoms. The number of nitrogens with one attached hydrogen (secondary N) is 2. The molecule has 3 aromatic carbocycles. The van der Waals surface area contributed by atoms with Crippen LogP contribution >= 0.6 is 0 Å². The van der Waals surface area contributed by atoms with E-state index in [9.17, 15) is 14.7 Å². The molecule has 3 atom stereocenters. The van der Waals surface area contributed by atoms with Crippen LogP contribution in [0.1, 0.15) is 18.4 Å². The molecule has 1 unspecified atom stereocenters. The van der Waals surface area contributed by atoms with Gasteiger partial charge in [-0.2, -0.15) is 0 Å². The third kappa shape index (κ3) is 8.46. The lowest BCUT2D eigenvalue weighted by molar-refractivity contribution is -0.139. The first kappa shape index (κ1) is 29.9. The average Bonchev–Trinajstić information content (AvgIpc) is 3.64. The van der Waals surface area contributed by atoms with E-state index in [4.69, 9.17) is 16.0 Å². The van der Waals surface area contributed by atoms with E-state index in [0.717, 1.165) is 21.3 Å². The number of fused-ring (bicyclic) bond motifs is 2. The number of hydrogen-bond acceptors (Lipinski definition) is 9. The molecule has 0 bridgehead atoms. The summed E-state index contributed by atoms with van der Waals surface area (Å²) in [5, 5.41) is 41.4. The molecule has 218 valence electrons. The predicted molar refractivity (Wildman–Crippen MR) is 158 cm³/mol. The van der Waals surface area contributed by atoms with Crippen LogP contribution in [-0.4, -0.2) is 72.2 Å². The number of nitrogens with zero attached hydrogens (tertiary/aromatic N) is 4. The zero-order chi connectivity index (χ0) is 29.9. The molecule has 1 aliphatic heterocycles. The van der Waals surface area contributed by atoms with Crippen LogP contribution in [0.25, 0.3) is 21.9 Å². The second-order valence-electron chi connectivity index (χ2n) is 9.71. The van der Waals surface area contributed by atoms with Crippen molar-refractivity contribution in [3.8, 4) is 0 Å². The van der Waals surface area contributed by atoms with E-state index in [1.807, 2.05) is 72.8 Å². The number of anilines is 1. The van der Waals surface area contributed by atoms with Crippen LogP contribution in [0.3, 0.4) is 0 Å². The Hall–Kier alpha value is -5.07. The molecule has 12 nitrogen and oxygen atoms in total. The van der Waals surface area contributed by atoms with Crippen LogP contribution in [0.5, 0.6) is 0 Å². The number of carboxylic acids is 1. The van der Waals surface area contributed by atoms with Gasteiger partial charge in [0.2, 0.25) is 5.91 Å². The topological polar surface area (TPSA) is 189 Å². The number of carbonyl (C=O) groups is 2. The van der Waals surface area contributed by atoms with Gasteiger partial charge in [-0.1, -0.05) is 65.5 Å². The maximum atomic E-state index is 11.9. The highest BCUT2D eigenvalue weighted by Gasteiger charge is 2.31. The summed E-state index contributed by atoms with van der Waals surface area (Å²) in [6.07, 6.45) is 1.90. The van der Waals surface area contributed by atoms with Crippen molar-refractivity contribution in [3.63, 3.8) is 0 Å². The first-order valence-corrected chi connectivity index (χ1v) is 13.4. The number of aliphatic carboxylic acids is 1. The number of carbonyl (C=O) groups excluding carboxylic acids is 1. The van der Waals surface area contributed by atoms with Crippen LogP contribution in [-0.2, 0) is 16.0 Å². The molecule has 0 radical (unpaired) electrons. The number of aryl methyl sites for hydroxylation is 1. The molecular formula is C30H33N7O5. The quantitative estimate of drug-likeness (QED) is 0.165. The Bertz CT molecular complexity index is 1610. The third-order valence-corrected chi connectivity index (χ3v) is 6.57. The van der Waals surface area contributed by atoms with Crippen LogP contribution in [0.4, 0.5) is 5.69 Å². The Balaban J connectivity index is 0.000000160. The lowest BCUT2D eigenvalue weighted by Gasteiger charge is -2.15. The van der Waals surface area contributed by atoms with E-state index < -0.39 is 24.0 Å². The van der Waals surface area contributed by atoms with Crippen molar-refractivity contribution in [3.05, 3.63) is 96.7 Å². The fourth-order valence-corrected chi connectivity index (χ4v) is 4.35. The Morgan fingerprint density at radius 3 is 2.43 bits per heavy atom. The lowest BCUT2D eigenvalue weighted by Crippen LogP contribution is -2.42. The number of para-hydroxylation sites is 2. The number of nitrogens with two attached hydrogens (primary N) is 1. The SMILES string of the molecule is Nc1cnc2ccccc2c1.O=C(NC1CN[C@H](C(=O)O)C1)[C@H](O)CCc1ccccc1.On1nnc2ccccc21. The molecule has 6 rings (SSSR count). The number of carboxylic acid groups (broad SMARTS) is 1. The van der Waals surface area contributed by atoms with Gasteiger partial charge < -0.3 is 31.8 Å². The average molecular weight is 572 g/mol. The van der Waals surface area contributed by atoms with Gasteiger partial charge in [-0.05, 0) is 54.3 Å². The van der Waals surface area contributed by atoms with Gasteiger partial charge in [0.25, 0.3) is 0 Å². The Labute approximate surface area is 241 Å². The molecule has 7 N–H and O–H groups in total. The van der Waals surface area contributed by atoms with Crippen molar-refractivity contribution in [2.45, 2.75) is 37.5 Å². The van der Waals surface area contributed by atoms with Gasteiger partial charge in [-0.15, -0.1) is 5.10 Å². The number of nitrogen functional groups attached to an aromatic ring is 1. The number of benzene rings is 3. The minimum atomic E-state index is -1.07. The first-order chi connectivity index (χ1) is 20.3. The highest BCUT2D eigenvalue weighted by Crippen LogP contribution is 2.13. The maximum absolute atomic E-state index is 11.9. The molecule has 0 spiro atoms. The summed E-state index contributed by atoms with van der Waals surface area (Å²) in [6, 6.07) is 25.8. The normalized spacial score (nSPS) is 16.5. The minimum absolute atomic E-state index is 0.245. The molecule has 1 fully saturated rings. The molecular weight excluding hydrogens is 538 g/mol. The number of aliphatic hydroxyl groups is 1. The maximum Gasteiger partial charge on any atom is 0.320 e. The van der Waals surface area contributed by atoms with Gasteiger partial charge in [0.05, 0.1) is 17.4 Å². The van der Waals surface area contributed by atoms with Gasteiger partial charge in [-0.25, -0.2) is 0 Å². The number of aliphatic hydroxyl groups excluding tert-OH is 1. The van der Waals surface area contributed by atoms with Crippen LogP contribution in [0.15, 0.2) is 91.1 Å². The van der Waals surface area contributed by atoms with E-state index in [1.54, 1.807) is 18.3 Å². The Morgan fingerprint density at radius 2 is 1.71 bits per heavy atom. The third-order valence-electron chi connectivity index (χ3n) is 6.57. The molecule has 1 amide bonds. The fourth-order valence-electron chi connectivity index (χ4n) is 4.35. The Morgan fingerprint density at radius 1 is 1.02 bits per heavy atom. The van der Waals surface area contributed by atoms with E-state index in [2.05, 4.69) is 25.9 Å². The molecule has 0 aliphatic carbocycles. The van der Waals surface area contributed by atoms with Gasteiger partial charge in [-0.3, -0.25) is 14.6 Å². The first-order valence-electron chi connectivity index (χ1n) is 13.4. The Kier molecular flexibility index (Phi) is 10.3. The van der Waals surface area contributed by atoms with E-state index in [-0.39, 0.29) is 6.04 Å². The summed E-state index contributed by atoms with van der Waals surface area (Å²) >= 11 is 0. The largest absolute Gasteiger partial charge is 0.480 e. The summed E-state index contributed by atoms with van der Waals surface area (Å²) in [5.74, 6) is -1.36. The standard InChI is InChI=1S/C15H20N2O4.C9H8N2.C6H5N3O/c18-13(7-6-10-4-2-1-3-5-10)14(19)17-11-8-12(15(20)21)16-9-11;10-8-5-7-3-1-2-4-9(7)11-6-8;10-9-6-4-2-1-3-5(6)7-8-9/h1-5,11-13,16,18H,6-9H2,(H,17,19)(H,20,21);1-6H,10H2;1-4,10H/t11?,12-,13+;;/m0../s1. The highest BCUT2D eigenvalue weighted by atomic mass is 16.5.